The molecular formula is C16H21N3O7. The van der Waals surface area contributed by atoms with Crippen LogP contribution in [0.25, 0.3) is 0 Å². The fraction of sp³-hybridized carbons (Fsp3) is 0.500. The van der Waals surface area contributed by atoms with E-state index in [9.17, 15) is 19.7 Å². The highest BCUT2D eigenvalue weighted by Crippen LogP contribution is 2.27. The van der Waals surface area contributed by atoms with Crippen molar-refractivity contribution >= 4 is 23.3 Å². The van der Waals surface area contributed by atoms with Crippen LogP contribution in [0, 0.1) is 10.1 Å². The van der Waals surface area contributed by atoms with Gasteiger partial charge in [0.15, 0.2) is 6.61 Å². The van der Waals surface area contributed by atoms with Crippen LogP contribution < -0.4 is 10.2 Å². The molecule has 142 valence electrons. The first-order chi connectivity index (χ1) is 12.5. The normalized spacial score (nSPS) is 14.0. The first kappa shape index (κ1) is 19.6. The van der Waals surface area contributed by atoms with Crippen molar-refractivity contribution in [3.05, 3.63) is 33.9 Å². The molecule has 2 rings (SSSR count). The van der Waals surface area contributed by atoms with Gasteiger partial charge in [-0.1, -0.05) is 0 Å². The molecule has 26 heavy (non-hydrogen) atoms. The summed E-state index contributed by atoms with van der Waals surface area (Å²) in [5, 5.41) is 13.5. The van der Waals surface area contributed by atoms with Gasteiger partial charge in [0.25, 0.3) is 11.6 Å². The summed E-state index contributed by atoms with van der Waals surface area (Å²) in [4.78, 5) is 36.4. The third kappa shape index (κ3) is 5.39. The van der Waals surface area contributed by atoms with E-state index in [0.29, 0.717) is 45.1 Å². The van der Waals surface area contributed by atoms with Gasteiger partial charge in [-0.25, -0.2) is 4.79 Å². The first-order valence-electron chi connectivity index (χ1n) is 8.07. The summed E-state index contributed by atoms with van der Waals surface area (Å²) in [6.07, 6.45) is 0. The predicted molar refractivity (Wildman–Crippen MR) is 91.3 cm³/mol. The number of anilines is 1. The molecule has 1 N–H and O–H groups in total. The van der Waals surface area contributed by atoms with Crippen LogP contribution in [-0.2, 0) is 19.0 Å². The van der Waals surface area contributed by atoms with E-state index in [2.05, 4.69) is 5.32 Å². The molecule has 0 spiro atoms. The third-order valence-electron chi connectivity index (χ3n) is 3.73. The smallest absolute Gasteiger partial charge is 0.341 e. The largest absolute Gasteiger partial charge is 0.452 e. The van der Waals surface area contributed by atoms with Gasteiger partial charge in [-0.2, -0.15) is 0 Å². The highest BCUT2D eigenvalue weighted by molar-refractivity contribution is 5.97. The second kappa shape index (κ2) is 9.68. The van der Waals surface area contributed by atoms with Gasteiger partial charge in [0.05, 0.1) is 36.0 Å². The summed E-state index contributed by atoms with van der Waals surface area (Å²) in [5.41, 5.74) is 0.341. The molecule has 1 aliphatic heterocycles. The van der Waals surface area contributed by atoms with E-state index >= 15 is 0 Å². The molecule has 1 aromatic rings. The quantitative estimate of drug-likeness (QED) is 0.302. The third-order valence-corrected chi connectivity index (χ3v) is 3.73. The van der Waals surface area contributed by atoms with Crippen molar-refractivity contribution in [1.82, 2.24) is 5.32 Å². The fourth-order valence-corrected chi connectivity index (χ4v) is 2.43. The number of esters is 1. The first-order valence-corrected chi connectivity index (χ1v) is 8.07. The maximum Gasteiger partial charge on any atom is 0.341 e. The number of nitro benzene ring substituents is 1. The molecule has 1 aromatic carbocycles. The number of carbonyl (C=O) groups is 2. The molecule has 10 heteroatoms. The molecule has 0 saturated carbocycles. The number of benzene rings is 1. The lowest BCUT2D eigenvalue weighted by molar-refractivity contribution is -0.384. The number of nitro groups is 1. The Bertz CT molecular complexity index is 659. The number of amides is 1. The number of hydrogen-bond acceptors (Lipinski definition) is 8. The molecule has 1 amide bonds. The van der Waals surface area contributed by atoms with Crippen molar-refractivity contribution in [3.8, 4) is 0 Å². The molecule has 0 aliphatic carbocycles. The summed E-state index contributed by atoms with van der Waals surface area (Å²) in [6.45, 7) is 2.24. The number of morpholine rings is 1. The standard InChI is InChI=1S/C16H21N3O7/c1-24-7-4-17-15(20)11-26-16(21)13-10-12(19(22)23)2-3-14(13)18-5-8-25-9-6-18/h2-3,10H,4-9,11H2,1H3,(H,17,20). The number of methoxy groups -OCH3 is 1. The zero-order chi connectivity index (χ0) is 18.9. The van der Waals surface area contributed by atoms with Gasteiger partial charge in [-0.05, 0) is 6.07 Å². The number of rotatable bonds is 8. The minimum atomic E-state index is -0.794. The van der Waals surface area contributed by atoms with E-state index in [1.807, 2.05) is 4.90 Å². The van der Waals surface area contributed by atoms with Gasteiger partial charge < -0.3 is 24.4 Å². The van der Waals surface area contributed by atoms with Crippen molar-refractivity contribution < 1.29 is 28.7 Å². The molecule has 0 atom stereocenters. The van der Waals surface area contributed by atoms with Gasteiger partial charge in [0, 0.05) is 38.9 Å². The average molecular weight is 367 g/mol. The number of hydrogen-bond donors (Lipinski definition) is 1. The number of carbonyl (C=O) groups excluding carboxylic acids is 2. The van der Waals surface area contributed by atoms with Gasteiger partial charge in [0.2, 0.25) is 0 Å². The predicted octanol–water partition coefficient (Wildman–Crippen LogP) is 0.351. The minimum absolute atomic E-state index is 0.0470. The average Bonchev–Trinajstić information content (AvgIpc) is 2.66. The van der Waals surface area contributed by atoms with Crippen LogP contribution in [0.3, 0.4) is 0 Å². The second-order valence-corrected chi connectivity index (χ2v) is 5.48. The van der Waals surface area contributed by atoms with E-state index in [1.54, 1.807) is 0 Å². The Kier molecular flexibility index (Phi) is 7.30. The molecular weight excluding hydrogens is 346 g/mol. The SMILES string of the molecule is COCCNC(=O)COC(=O)c1cc([N+](=O)[O-])ccc1N1CCOCC1. The highest BCUT2D eigenvalue weighted by Gasteiger charge is 2.23. The van der Waals surface area contributed by atoms with Crippen LogP contribution in [0.15, 0.2) is 18.2 Å². The summed E-state index contributed by atoms with van der Waals surface area (Å²) < 4.78 is 15.1. The number of non-ortho nitro benzene ring substituents is 1. The molecule has 1 aliphatic rings. The molecule has 1 saturated heterocycles. The Morgan fingerprint density at radius 2 is 2.08 bits per heavy atom. The maximum absolute atomic E-state index is 12.4. The summed E-state index contributed by atoms with van der Waals surface area (Å²) >= 11 is 0. The molecule has 0 unspecified atom stereocenters. The van der Waals surface area contributed by atoms with Crippen LogP contribution in [-0.4, -0.2) is 70.0 Å². The Labute approximate surface area is 150 Å². The zero-order valence-corrected chi connectivity index (χ0v) is 14.4. The number of ether oxygens (including phenoxy) is 3. The van der Waals surface area contributed by atoms with E-state index in [4.69, 9.17) is 14.2 Å². The lowest BCUT2D eigenvalue weighted by Gasteiger charge is -2.30. The van der Waals surface area contributed by atoms with E-state index in [-0.39, 0.29) is 11.3 Å². The second-order valence-electron chi connectivity index (χ2n) is 5.48. The van der Waals surface area contributed by atoms with Crippen molar-refractivity contribution in [2.75, 3.05) is 58.1 Å². The Morgan fingerprint density at radius 3 is 2.73 bits per heavy atom. The molecule has 1 fully saturated rings. The van der Waals surface area contributed by atoms with E-state index < -0.39 is 23.4 Å². The number of nitrogens with zero attached hydrogens (tertiary/aromatic N) is 2. The Hall–Kier alpha value is -2.72. The zero-order valence-electron chi connectivity index (χ0n) is 14.4. The minimum Gasteiger partial charge on any atom is -0.452 e. The summed E-state index contributed by atoms with van der Waals surface area (Å²) in [7, 11) is 1.50. The monoisotopic (exact) mass is 367 g/mol. The van der Waals surface area contributed by atoms with Crippen LogP contribution in [0.5, 0.6) is 0 Å². The summed E-state index contributed by atoms with van der Waals surface area (Å²) in [6, 6.07) is 4.01. The molecule has 0 radical (unpaired) electrons. The highest BCUT2D eigenvalue weighted by atomic mass is 16.6. The maximum atomic E-state index is 12.4. The van der Waals surface area contributed by atoms with Crippen molar-refractivity contribution in [3.63, 3.8) is 0 Å². The van der Waals surface area contributed by atoms with Crippen molar-refractivity contribution in [2.24, 2.45) is 0 Å². The molecule has 0 aromatic heterocycles. The topological polar surface area (TPSA) is 120 Å². The molecule has 10 nitrogen and oxygen atoms in total. The van der Waals surface area contributed by atoms with Crippen LogP contribution in [0.2, 0.25) is 0 Å². The number of nitrogens with one attached hydrogen (secondary N) is 1. The Balaban J connectivity index is 2.10. The van der Waals surface area contributed by atoms with Gasteiger partial charge in [0.1, 0.15) is 0 Å². The summed E-state index contributed by atoms with van der Waals surface area (Å²) in [5.74, 6) is -1.27. The lowest BCUT2D eigenvalue weighted by Crippen LogP contribution is -2.37. The van der Waals surface area contributed by atoms with Crippen LogP contribution in [0.1, 0.15) is 10.4 Å². The Morgan fingerprint density at radius 1 is 1.35 bits per heavy atom. The van der Waals surface area contributed by atoms with Crippen LogP contribution in [0.4, 0.5) is 11.4 Å². The van der Waals surface area contributed by atoms with Crippen molar-refractivity contribution in [1.29, 1.82) is 0 Å². The molecule has 1 heterocycles. The van der Waals surface area contributed by atoms with Crippen LogP contribution >= 0.6 is 0 Å². The van der Waals surface area contributed by atoms with Gasteiger partial charge in [-0.3, -0.25) is 14.9 Å². The van der Waals surface area contributed by atoms with E-state index in [1.165, 1.54) is 19.2 Å². The van der Waals surface area contributed by atoms with Gasteiger partial charge in [-0.15, -0.1) is 0 Å². The van der Waals surface area contributed by atoms with E-state index in [0.717, 1.165) is 6.07 Å². The lowest BCUT2D eigenvalue weighted by atomic mass is 10.1. The van der Waals surface area contributed by atoms with Crippen molar-refractivity contribution in [2.45, 2.75) is 0 Å². The molecule has 0 bridgehead atoms. The van der Waals surface area contributed by atoms with Gasteiger partial charge >= 0.3 is 5.97 Å². The fourth-order valence-electron chi connectivity index (χ4n) is 2.43.